The predicted molar refractivity (Wildman–Crippen MR) is 57.2 cm³/mol. The zero-order valence-electron chi connectivity index (χ0n) is 8.53. The Morgan fingerprint density at radius 1 is 1.73 bits per heavy atom. The van der Waals surface area contributed by atoms with Crippen LogP contribution >= 0.6 is 11.6 Å². The maximum atomic E-state index is 11.6. The molecular formula is C10H14ClNO3. The van der Waals surface area contributed by atoms with E-state index in [9.17, 15) is 4.79 Å². The highest BCUT2D eigenvalue weighted by atomic mass is 35.5. The second kappa shape index (κ2) is 6.48. The molecule has 1 rings (SSSR count). The van der Waals surface area contributed by atoms with Gasteiger partial charge in [-0.25, -0.2) is 0 Å². The number of amides is 1. The molecule has 1 heterocycles. The van der Waals surface area contributed by atoms with Gasteiger partial charge < -0.3 is 14.5 Å². The molecule has 0 aromatic carbocycles. The number of furan rings is 1. The average Bonchev–Trinajstić information content (AvgIpc) is 2.71. The summed E-state index contributed by atoms with van der Waals surface area (Å²) in [5.74, 6) is 0.315. The lowest BCUT2D eigenvalue weighted by Gasteiger charge is -2.15. The molecule has 1 amide bonds. The van der Waals surface area contributed by atoms with Crippen molar-refractivity contribution in [3.63, 3.8) is 0 Å². The molecule has 1 atom stereocenters. The molecule has 5 heteroatoms. The lowest BCUT2D eigenvalue weighted by atomic mass is 10.2. The molecule has 0 radical (unpaired) electrons. The summed E-state index contributed by atoms with van der Waals surface area (Å²) in [4.78, 5) is 11.6. The molecular weight excluding hydrogens is 218 g/mol. The molecule has 84 valence electrons. The van der Waals surface area contributed by atoms with Crippen LogP contribution in [0, 0.1) is 0 Å². The zero-order valence-corrected chi connectivity index (χ0v) is 9.29. The van der Waals surface area contributed by atoms with Crippen molar-refractivity contribution in [2.24, 2.45) is 0 Å². The first-order valence-corrected chi connectivity index (χ1v) is 5.19. The van der Waals surface area contributed by atoms with Crippen LogP contribution in [-0.4, -0.2) is 31.5 Å². The standard InChI is InChI=1S/C10H14ClNO3/c1-14-7-9(2-4-11)12-10(13)8-3-5-15-6-8/h3,5-6,9H,2,4,7H2,1H3,(H,12,13). The summed E-state index contributed by atoms with van der Waals surface area (Å²) in [6, 6.07) is 1.55. The summed E-state index contributed by atoms with van der Waals surface area (Å²) in [5.41, 5.74) is 0.505. The smallest absolute Gasteiger partial charge is 0.254 e. The minimum atomic E-state index is -0.170. The minimum Gasteiger partial charge on any atom is -0.472 e. The van der Waals surface area contributed by atoms with Gasteiger partial charge in [0.05, 0.1) is 24.5 Å². The van der Waals surface area contributed by atoms with Crippen molar-refractivity contribution in [3.05, 3.63) is 24.2 Å². The Labute approximate surface area is 93.5 Å². The number of ether oxygens (including phenoxy) is 1. The fourth-order valence-corrected chi connectivity index (χ4v) is 1.46. The number of carbonyl (C=O) groups is 1. The van der Waals surface area contributed by atoms with Crippen molar-refractivity contribution in [1.29, 1.82) is 0 Å². The Balaban J connectivity index is 2.47. The molecule has 0 aliphatic rings. The number of halogens is 1. The third-order valence-electron chi connectivity index (χ3n) is 1.94. The molecule has 15 heavy (non-hydrogen) atoms. The van der Waals surface area contributed by atoms with E-state index in [-0.39, 0.29) is 11.9 Å². The number of alkyl halides is 1. The van der Waals surface area contributed by atoms with Gasteiger partial charge in [0.15, 0.2) is 0 Å². The molecule has 1 aromatic heterocycles. The van der Waals surface area contributed by atoms with E-state index < -0.39 is 0 Å². The van der Waals surface area contributed by atoms with Gasteiger partial charge in [-0.2, -0.15) is 0 Å². The number of nitrogens with one attached hydrogen (secondary N) is 1. The average molecular weight is 232 g/mol. The minimum absolute atomic E-state index is 0.0603. The summed E-state index contributed by atoms with van der Waals surface area (Å²) in [6.45, 7) is 0.455. The monoisotopic (exact) mass is 231 g/mol. The van der Waals surface area contributed by atoms with Crippen molar-refractivity contribution in [3.8, 4) is 0 Å². The maximum absolute atomic E-state index is 11.6. The van der Waals surface area contributed by atoms with Crippen molar-refractivity contribution < 1.29 is 13.9 Å². The lowest BCUT2D eigenvalue weighted by molar-refractivity contribution is 0.0894. The first kappa shape index (κ1) is 12.1. The molecule has 0 saturated heterocycles. The van der Waals surface area contributed by atoms with Gasteiger partial charge in [-0.3, -0.25) is 4.79 Å². The predicted octanol–water partition coefficient (Wildman–Crippen LogP) is 1.65. The van der Waals surface area contributed by atoms with Gasteiger partial charge in [0.1, 0.15) is 6.26 Å². The summed E-state index contributed by atoms with van der Waals surface area (Å²) in [7, 11) is 1.59. The van der Waals surface area contributed by atoms with Crippen LogP contribution in [0.2, 0.25) is 0 Å². The molecule has 0 aliphatic carbocycles. The third kappa shape index (κ3) is 3.93. The van der Waals surface area contributed by atoms with Crippen molar-refractivity contribution in [2.75, 3.05) is 19.6 Å². The van der Waals surface area contributed by atoms with Crippen molar-refractivity contribution in [1.82, 2.24) is 5.32 Å². The van der Waals surface area contributed by atoms with E-state index in [1.165, 1.54) is 12.5 Å². The van der Waals surface area contributed by atoms with E-state index >= 15 is 0 Å². The number of methoxy groups -OCH3 is 1. The largest absolute Gasteiger partial charge is 0.472 e. The number of rotatable bonds is 6. The Morgan fingerprint density at radius 3 is 3.07 bits per heavy atom. The molecule has 1 aromatic rings. The molecule has 1 unspecified atom stereocenters. The highest BCUT2D eigenvalue weighted by Crippen LogP contribution is 2.02. The molecule has 0 fully saturated rings. The number of hydrogen-bond acceptors (Lipinski definition) is 3. The Kier molecular flexibility index (Phi) is 5.21. The van der Waals surface area contributed by atoms with Crippen LogP contribution in [0.25, 0.3) is 0 Å². The van der Waals surface area contributed by atoms with Gasteiger partial charge in [-0.1, -0.05) is 0 Å². The quantitative estimate of drug-likeness (QED) is 0.758. The summed E-state index contributed by atoms with van der Waals surface area (Å²) in [6.07, 6.45) is 3.54. The van der Waals surface area contributed by atoms with E-state index in [0.29, 0.717) is 24.5 Å². The van der Waals surface area contributed by atoms with Crippen LogP contribution in [0.15, 0.2) is 23.0 Å². The highest BCUT2D eigenvalue weighted by molar-refractivity contribution is 6.17. The maximum Gasteiger partial charge on any atom is 0.254 e. The second-order valence-corrected chi connectivity index (χ2v) is 3.49. The van der Waals surface area contributed by atoms with Crippen LogP contribution in [0.1, 0.15) is 16.8 Å². The van der Waals surface area contributed by atoms with Crippen LogP contribution in [-0.2, 0) is 4.74 Å². The third-order valence-corrected chi connectivity index (χ3v) is 2.16. The molecule has 0 spiro atoms. The lowest BCUT2D eigenvalue weighted by Crippen LogP contribution is -2.38. The molecule has 1 N–H and O–H groups in total. The van der Waals surface area contributed by atoms with Crippen LogP contribution in [0.4, 0.5) is 0 Å². The molecule has 0 bridgehead atoms. The number of carbonyl (C=O) groups excluding carboxylic acids is 1. The van der Waals surface area contributed by atoms with Crippen molar-refractivity contribution in [2.45, 2.75) is 12.5 Å². The Morgan fingerprint density at radius 2 is 2.53 bits per heavy atom. The van der Waals surface area contributed by atoms with E-state index in [1.54, 1.807) is 13.2 Å². The fourth-order valence-electron chi connectivity index (χ4n) is 1.19. The first-order valence-electron chi connectivity index (χ1n) is 4.66. The van der Waals surface area contributed by atoms with Gasteiger partial charge in [0.2, 0.25) is 0 Å². The highest BCUT2D eigenvalue weighted by Gasteiger charge is 2.13. The SMILES string of the molecule is COCC(CCCl)NC(=O)c1ccoc1. The van der Waals surface area contributed by atoms with Gasteiger partial charge in [-0.05, 0) is 12.5 Å². The first-order chi connectivity index (χ1) is 7.27. The summed E-state index contributed by atoms with van der Waals surface area (Å²) < 4.78 is 9.80. The van der Waals surface area contributed by atoms with Gasteiger partial charge in [0.25, 0.3) is 5.91 Å². The van der Waals surface area contributed by atoms with Gasteiger partial charge >= 0.3 is 0 Å². The Hall–Kier alpha value is -1.00. The summed E-state index contributed by atoms with van der Waals surface area (Å²) >= 11 is 5.61. The second-order valence-electron chi connectivity index (χ2n) is 3.12. The molecule has 0 aliphatic heterocycles. The number of hydrogen-bond donors (Lipinski definition) is 1. The Bertz CT molecular complexity index is 281. The molecule has 0 saturated carbocycles. The van der Waals surface area contributed by atoms with Crippen LogP contribution in [0.5, 0.6) is 0 Å². The summed E-state index contributed by atoms with van der Waals surface area (Å²) in [5, 5.41) is 2.81. The van der Waals surface area contributed by atoms with Gasteiger partial charge in [0, 0.05) is 13.0 Å². The van der Waals surface area contributed by atoms with E-state index in [0.717, 1.165) is 0 Å². The van der Waals surface area contributed by atoms with Crippen LogP contribution < -0.4 is 5.32 Å². The van der Waals surface area contributed by atoms with E-state index in [4.69, 9.17) is 20.8 Å². The normalized spacial score (nSPS) is 12.4. The van der Waals surface area contributed by atoms with Gasteiger partial charge in [-0.15, -0.1) is 11.6 Å². The zero-order chi connectivity index (χ0) is 11.1. The fraction of sp³-hybridized carbons (Fsp3) is 0.500. The van der Waals surface area contributed by atoms with Crippen molar-refractivity contribution >= 4 is 17.5 Å². The van der Waals surface area contributed by atoms with E-state index in [1.807, 2.05) is 0 Å². The van der Waals surface area contributed by atoms with Crippen LogP contribution in [0.3, 0.4) is 0 Å². The van der Waals surface area contributed by atoms with E-state index in [2.05, 4.69) is 5.32 Å². The topological polar surface area (TPSA) is 51.5 Å². The molecule has 4 nitrogen and oxygen atoms in total.